The predicted octanol–water partition coefficient (Wildman–Crippen LogP) is 5.70. The molecule has 0 aliphatic rings. The topological polar surface area (TPSA) is 73.1 Å². The molecule has 0 saturated carbocycles. The second-order valence-corrected chi connectivity index (χ2v) is 15.6. The van der Waals surface area contributed by atoms with Crippen molar-refractivity contribution in [3.63, 3.8) is 0 Å². The lowest BCUT2D eigenvalue weighted by Gasteiger charge is -2.32. The summed E-state index contributed by atoms with van der Waals surface area (Å²) in [5.74, 6) is -0.393. The number of benzene rings is 1. The van der Waals surface area contributed by atoms with Gasteiger partial charge in [0.1, 0.15) is 6.73 Å². The van der Waals surface area contributed by atoms with Crippen LogP contribution in [0.2, 0.25) is 30.7 Å². The normalized spacial score (nSPS) is 14.8. The number of aliphatic hydroxyl groups is 1. The van der Waals surface area contributed by atoms with E-state index in [0.717, 1.165) is 12.1 Å². The first-order valence-corrected chi connectivity index (χ1v) is 14.7. The molecule has 0 bridgehead atoms. The van der Waals surface area contributed by atoms with Gasteiger partial charge in [0, 0.05) is 20.1 Å². The molecule has 3 aromatic rings. The standard InChI is InChI=1S/C22H28ClF3N4O2Si/c1-14(2)21(31,19-12-27-29-30(19)13-32-10-11-33(3,4)5)18-9-6-15-17(28-18)8-7-16(23)20(15)22(24,25)26/h6-9,12,14,31H,10-11,13H2,1-5H3. The predicted molar refractivity (Wildman–Crippen MR) is 124 cm³/mol. The van der Waals surface area contributed by atoms with Crippen LogP contribution in [0.4, 0.5) is 13.2 Å². The molecule has 11 heteroatoms. The molecule has 6 nitrogen and oxygen atoms in total. The lowest BCUT2D eigenvalue weighted by molar-refractivity contribution is -0.136. The minimum atomic E-state index is -4.63. The van der Waals surface area contributed by atoms with Crippen molar-refractivity contribution in [3.8, 4) is 0 Å². The number of pyridine rings is 1. The number of aromatic nitrogens is 4. The van der Waals surface area contributed by atoms with Crippen LogP contribution in [0.15, 0.2) is 30.5 Å². The van der Waals surface area contributed by atoms with Gasteiger partial charge in [0.25, 0.3) is 0 Å². The number of nitrogens with zero attached hydrogens (tertiary/aromatic N) is 4. The van der Waals surface area contributed by atoms with Crippen molar-refractivity contribution >= 4 is 30.6 Å². The molecule has 0 aliphatic heterocycles. The summed E-state index contributed by atoms with van der Waals surface area (Å²) in [6.07, 6.45) is -3.21. The summed E-state index contributed by atoms with van der Waals surface area (Å²) in [6.45, 7) is 11.0. The summed E-state index contributed by atoms with van der Waals surface area (Å²) in [5, 5.41) is 19.2. The van der Waals surface area contributed by atoms with Crippen LogP contribution in [0.5, 0.6) is 0 Å². The summed E-state index contributed by atoms with van der Waals surface area (Å²) >= 11 is 5.83. The van der Waals surface area contributed by atoms with E-state index in [2.05, 4.69) is 34.9 Å². The van der Waals surface area contributed by atoms with Crippen LogP contribution in [0.25, 0.3) is 10.9 Å². The molecule has 0 fully saturated rings. The van der Waals surface area contributed by atoms with E-state index in [1.165, 1.54) is 29.1 Å². The van der Waals surface area contributed by atoms with Crippen molar-refractivity contribution in [2.45, 2.75) is 58.0 Å². The Kier molecular flexibility index (Phi) is 7.23. The zero-order valence-corrected chi connectivity index (χ0v) is 21.0. The molecule has 3 rings (SSSR count). The maximum Gasteiger partial charge on any atom is 0.418 e. The molecule has 180 valence electrons. The maximum atomic E-state index is 13.5. The second-order valence-electron chi connectivity index (χ2n) is 9.57. The van der Waals surface area contributed by atoms with Crippen LogP contribution in [-0.4, -0.2) is 39.8 Å². The Bertz CT molecular complexity index is 1130. The average molecular weight is 501 g/mol. The van der Waals surface area contributed by atoms with Crippen molar-refractivity contribution in [2.24, 2.45) is 5.92 Å². The molecule has 0 aliphatic carbocycles. The first kappa shape index (κ1) is 25.6. The highest BCUT2D eigenvalue weighted by Gasteiger charge is 2.41. The fraction of sp³-hybridized carbons (Fsp3) is 0.500. The number of rotatable bonds is 8. The number of halogens is 4. The molecule has 1 atom stereocenters. The summed E-state index contributed by atoms with van der Waals surface area (Å²) in [5.41, 5.74) is -1.99. The quantitative estimate of drug-likeness (QED) is 0.317. The van der Waals surface area contributed by atoms with Gasteiger partial charge in [-0.15, -0.1) is 5.10 Å². The van der Waals surface area contributed by atoms with E-state index >= 15 is 0 Å². The van der Waals surface area contributed by atoms with Crippen molar-refractivity contribution in [2.75, 3.05) is 6.61 Å². The van der Waals surface area contributed by atoms with Gasteiger partial charge in [0.2, 0.25) is 0 Å². The van der Waals surface area contributed by atoms with Crippen molar-refractivity contribution < 1.29 is 23.0 Å². The molecule has 0 saturated heterocycles. The fourth-order valence-electron chi connectivity index (χ4n) is 3.58. The van der Waals surface area contributed by atoms with Gasteiger partial charge < -0.3 is 9.84 Å². The molecule has 0 radical (unpaired) electrons. The monoisotopic (exact) mass is 500 g/mol. The molecule has 1 aromatic carbocycles. The van der Waals surface area contributed by atoms with Gasteiger partial charge >= 0.3 is 6.18 Å². The Morgan fingerprint density at radius 1 is 1.15 bits per heavy atom. The summed E-state index contributed by atoms with van der Waals surface area (Å²) < 4.78 is 47.9. The molecule has 0 spiro atoms. The Balaban J connectivity index is 2.01. The van der Waals surface area contributed by atoms with Gasteiger partial charge in [0.05, 0.1) is 33.7 Å². The van der Waals surface area contributed by atoms with Crippen molar-refractivity contribution in [1.29, 1.82) is 0 Å². The van der Waals surface area contributed by atoms with E-state index in [-0.39, 0.29) is 23.3 Å². The zero-order chi connectivity index (χ0) is 24.6. The Morgan fingerprint density at radius 3 is 2.45 bits per heavy atom. The lowest BCUT2D eigenvalue weighted by atomic mass is 9.83. The van der Waals surface area contributed by atoms with Crippen LogP contribution in [0.3, 0.4) is 0 Å². The number of hydrogen-bond donors (Lipinski definition) is 1. The van der Waals surface area contributed by atoms with Crippen LogP contribution >= 0.6 is 11.6 Å². The van der Waals surface area contributed by atoms with Crippen molar-refractivity contribution in [1.82, 2.24) is 20.0 Å². The molecular weight excluding hydrogens is 473 g/mol. The number of alkyl halides is 3. The molecular formula is C22H28ClF3N4O2Si. The second kappa shape index (κ2) is 9.32. The fourth-order valence-corrected chi connectivity index (χ4v) is 4.61. The third kappa shape index (κ3) is 5.39. The summed E-state index contributed by atoms with van der Waals surface area (Å²) in [7, 11) is -1.27. The van der Waals surface area contributed by atoms with Gasteiger partial charge in [0.15, 0.2) is 5.60 Å². The van der Waals surface area contributed by atoms with Crippen molar-refractivity contribution in [3.05, 3.63) is 52.4 Å². The minimum absolute atomic E-state index is 0.0775. The molecule has 0 amide bonds. The Hall–Kier alpha value is -2.01. The third-order valence-corrected chi connectivity index (χ3v) is 7.57. The Morgan fingerprint density at radius 2 is 1.85 bits per heavy atom. The number of hydrogen-bond acceptors (Lipinski definition) is 5. The summed E-state index contributed by atoms with van der Waals surface area (Å²) in [6, 6.07) is 6.22. The molecule has 2 heterocycles. The van der Waals surface area contributed by atoms with E-state index < -0.39 is 36.4 Å². The molecule has 33 heavy (non-hydrogen) atoms. The van der Waals surface area contributed by atoms with E-state index in [9.17, 15) is 18.3 Å². The average Bonchev–Trinajstić information content (AvgIpc) is 3.17. The first-order valence-electron chi connectivity index (χ1n) is 10.6. The maximum absolute atomic E-state index is 13.5. The molecule has 2 aromatic heterocycles. The lowest BCUT2D eigenvalue weighted by Crippen LogP contribution is -2.37. The minimum Gasteiger partial charge on any atom is -0.377 e. The first-order chi connectivity index (χ1) is 15.2. The van der Waals surface area contributed by atoms with E-state index in [1.807, 2.05) is 0 Å². The number of ether oxygens (including phenoxy) is 1. The van der Waals surface area contributed by atoms with Gasteiger partial charge in [-0.2, -0.15) is 13.2 Å². The highest BCUT2D eigenvalue weighted by atomic mass is 35.5. The summed E-state index contributed by atoms with van der Waals surface area (Å²) in [4.78, 5) is 4.40. The van der Waals surface area contributed by atoms with Gasteiger partial charge in [-0.25, -0.2) is 9.67 Å². The SMILES string of the molecule is CC(C)C(O)(c1ccc2c(C(F)(F)F)c(Cl)ccc2n1)c1cnnn1COCC[Si](C)(C)C. The van der Waals surface area contributed by atoms with Gasteiger partial charge in [-0.1, -0.05) is 56.4 Å². The van der Waals surface area contributed by atoms with Crippen LogP contribution in [0.1, 0.15) is 30.8 Å². The van der Waals surface area contributed by atoms with Gasteiger partial charge in [-0.05, 0) is 30.2 Å². The highest BCUT2D eigenvalue weighted by Crippen LogP contribution is 2.41. The zero-order valence-electron chi connectivity index (χ0n) is 19.2. The largest absolute Gasteiger partial charge is 0.418 e. The smallest absolute Gasteiger partial charge is 0.377 e. The third-order valence-electron chi connectivity index (χ3n) is 5.55. The van der Waals surface area contributed by atoms with Crippen LogP contribution in [0, 0.1) is 5.92 Å². The number of fused-ring (bicyclic) bond motifs is 1. The van der Waals surface area contributed by atoms with E-state index in [1.54, 1.807) is 13.8 Å². The highest BCUT2D eigenvalue weighted by molar-refractivity contribution is 6.76. The van der Waals surface area contributed by atoms with E-state index in [4.69, 9.17) is 16.3 Å². The Labute approximate surface area is 196 Å². The van der Waals surface area contributed by atoms with Crippen LogP contribution < -0.4 is 0 Å². The van der Waals surface area contributed by atoms with Gasteiger partial charge in [-0.3, -0.25) is 0 Å². The van der Waals surface area contributed by atoms with E-state index in [0.29, 0.717) is 12.3 Å². The molecule has 1 unspecified atom stereocenters. The van der Waals surface area contributed by atoms with Crippen LogP contribution in [-0.2, 0) is 23.2 Å². The molecule has 1 N–H and O–H groups in total.